The summed E-state index contributed by atoms with van der Waals surface area (Å²) in [5.74, 6) is -1.18. The third-order valence-corrected chi connectivity index (χ3v) is 8.74. The van der Waals surface area contributed by atoms with Crippen LogP contribution in [-0.2, 0) is 39.4 Å². The number of fused-ring (bicyclic) bond motifs is 1. The second kappa shape index (κ2) is 8.71. The van der Waals surface area contributed by atoms with Gasteiger partial charge in [0, 0.05) is 31.2 Å². The van der Waals surface area contributed by atoms with E-state index < -0.39 is 21.9 Å². The van der Waals surface area contributed by atoms with Gasteiger partial charge in [-0.2, -0.15) is 9.40 Å². The predicted molar refractivity (Wildman–Crippen MR) is 116 cm³/mol. The normalized spacial score (nSPS) is 19.2. The van der Waals surface area contributed by atoms with Crippen molar-refractivity contribution in [3.05, 3.63) is 28.4 Å². The molecule has 168 valence electrons. The van der Waals surface area contributed by atoms with Gasteiger partial charge >= 0.3 is 5.97 Å². The van der Waals surface area contributed by atoms with Gasteiger partial charge in [-0.15, -0.1) is 11.3 Å². The van der Waals surface area contributed by atoms with Gasteiger partial charge in [0.05, 0.1) is 24.3 Å². The van der Waals surface area contributed by atoms with Crippen LogP contribution in [0.5, 0.6) is 0 Å². The Kier molecular flexibility index (Phi) is 6.18. The van der Waals surface area contributed by atoms with Crippen molar-refractivity contribution < 1.29 is 22.7 Å². The lowest BCUT2D eigenvalue weighted by Crippen LogP contribution is -2.43. The summed E-state index contributed by atoms with van der Waals surface area (Å²) in [6.07, 6.45) is 6.63. The van der Waals surface area contributed by atoms with Crippen molar-refractivity contribution >= 4 is 38.2 Å². The fourth-order valence-corrected chi connectivity index (χ4v) is 6.97. The molecule has 1 N–H and O–H groups in total. The molecule has 3 heterocycles. The van der Waals surface area contributed by atoms with E-state index >= 15 is 0 Å². The highest BCUT2D eigenvalue weighted by Crippen LogP contribution is 2.40. The second-order valence-corrected chi connectivity index (χ2v) is 10.9. The van der Waals surface area contributed by atoms with Gasteiger partial charge in [0.1, 0.15) is 9.90 Å². The van der Waals surface area contributed by atoms with Crippen molar-refractivity contribution in [3.63, 3.8) is 0 Å². The number of nitrogens with one attached hydrogen (secondary N) is 1. The van der Waals surface area contributed by atoms with E-state index in [1.807, 2.05) is 0 Å². The number of sulfonamides is 1. The van der Waals surface area contributed by atoms with Gasteiger partial charge in [-0.1, -0.05) is 0 Å². The number of aromatic nitrogens is 2. The third kappa shape index (κ3) is 4.26. The second-order valence-electron chi connectivity index (χ2n) is 7.82. The van der Waals surface area contributed by atoms with Gasteiger partial charge in [0.25, 0.3) is 0 Å². The molecule has 0 radical (unpaired) electrons. The molecule has 2 aliphatic rings. The Labute approximate surface area is 185 Å². The predicted octanol–water partition coefficient (Wildman–Crippen LogP) is 2.19. The lowest BCUT2D eigenvalue weighted by atomic mass is 9.99. The maximum atomic E-state index is 13.0. The van der Waals surface area contributed by atoms with E-state index in [-0.39, 0.29) is 24.0 Å². The van der Waals surface area contributed by atoms with Gasteiger partial charge < -0.3 is 10.1 Å². The molecule has 0 bridgehead atoms. The number of esters is 1. The van der Waals surface area contributed by atoms with E-state index in [1.165, 1.54) is 32.7 Å². The number of hydrogen-bond acceptors (Lipinski definition) is 7. The Bertz CT molecular complexity index is 1110. The molecule has 11 heteroatoms. The standard InChI is InChI=1S/C20H26N4O5S2/c1-3-29-20(26)17-15-7-4-8-16(15)30-19(17)22-18(25)13-6-5-9-24(11-13)31(27,28)14-10-21-23(2)12-14/h10,12-13H,3-9,11H2,1-2H3,(H,22,25). The quantitative estimate of drug-likeness (QED) is 0.654. The van der Waals surface area contributed by atoms with E-state index in [2.05, 4.69) is 10.4 Å². The minimum absolute atomic E-state index is 0.100. The summed E-state index contributed by atoms with van der Waals surface area (Å²) in [5, 5.41) is 7.36. The average Bonchev–Trinajstić information content (AvgIpc) is 3.44. The molecule has 0 aromatic carbocycles. The molecular weight excluding hydrogens is 440 g/mol. The monoisotopic (exact) mass is 466 g/mol. The zero-order chi connectivity index (χ0) is 22.2. The number of carbonyl (C=O) groups excluding carboxylic acids is 2. The van der Waals surface area contributed by atoms with Gasteiger partial charge in [0.2, 0.25) is 15.9 Å². The molecule has 31 heavy (non-hydrogen) atoms. The van der Waals surface area contributed by atoms with E-state index in [4.69, 9.17) is 4.74 Å². The van der Waals surface area contributed by atoms with Crippen LogP contribution < -0.4 is 5.32 Å². The Morgan fingerprint density at radius 1 is 1.32 bits per heavy atom. The minimum Gasteiger partial charge on any atom is -0.462 e. The first kappa shape index (κ1) is 22.0. The lowest BCUT2D eigenvalue weighted by Gasteiger charge is -2.30. The molecular formula is C20H26N4O5S2. The van der Waals surface area contributed by atoms with Crippen molar-refractivity contribution in [1.29, 1.82) is 0 Å². The Morgan fingerprint density at radius 2 is 2.13 bits per heavy atom. The summed E-state index contributed by atoms with van der Waals surface area (Å²) in [5.41, 5.74) is 1.44. The first-order valence-corrected chi connectivity index (χ1v) is 12.7. The Balaban J connectivity index is 1.51. The van der Waals surface area contributed by atoms with Gasteiger partial charge in [0.15, 0.2) is 0 Å². The third-order valence-electron chi connectivity index (χ3n) is 5.71. The fraction of sp³-hybridized carbons (Fsp3) is 0.550. The number of aryl methyl sites for hydroxylation is 2. The molecule has 2 aromatic rings. The van der Waals surface area contributed by atoms with Gasteiger partial charge in [-0.05, 0) is 44.6 Å². The molecule has 1 aliphatic heterocycles. The first-order chi connectivity index (χ1) is 14.8. The molecule has 1 atom stereocenters. The van der Waals surface area contributed by atoms with E-state index in [1.54, 1.807) is 14.0 Å². The molecule has 0 saturated carbocycles. The van der Waals surface area contributed by atoms with Crippen LogP contribution in [0.4, 0.5) is 5.00 Å². The molecule has 1 aliphatic carbocycles. The summed E-state index contributed by atoms with van der Waals surface area (Å²) in [4.78, 5) is 26.8. The van der Waals surface area contributed by atoms with Crippen LogP contribution in [0.15, 0.2) is 17.3 Å². The number of ether oxygens (including phenoxy) is 1. The molecule has 1 amide bonds. The highest BCUT2D eigenvalue weighted by Gasteiger charge is 2.35. The van der Waals surface area contributed by atoms with Crippen LogP contribution in [-0.4, -0.2) is 54.1 Å². The number of thiophene rings is 1. The summed E-state index contributed by atoms with van der Waals surface area (Å²) >= 11 is 1.43. The number of amides is 1. The van der Waals surface area contributed by atoms with Crippen LogP contribution in [0.25, 0.3) is 0 Å². The molecule has 1 fully saturated rings. The van der Waals surface area contributed by atoms with E-state index in [0.717, 1.165) is 29.7 Å². The molecule has 4 rings (SSSR count). The summed E-state index contributed by atoms with van der Waals surface area (Å²) in [7, 11) is -2.05. The van der Waals surface area contributed by atoms with Crippen LogP contribution in [0, 0.1) is 5.92 Å². The van der Waals surface area contributed by atoms with Crippen LogP contribution in [0.3, 0.4) is 0 Å². The van der Waals surface area contributed by atoms with Gasteiger partial charge in [-0.25, -0.2) is 13.2 Å². The zero-order valence-corrected chi connectivity index (χ0v) is 19.2. The Hall–Kier alpha value is -2.24. The number of nitrogens with zero attached hydrogens (tertiary/aromatic N) is 3. The van der Waals surface area contributed by atoms with Gasteiger partial charge in [-0.3, -0.25) is 9.48 Å². The number of piperidine rings is 1. The summed E-state index contributed by atoms with van der Waals surface area (Å²) < 4.78 is 33.8. The van der Waals surface area contributed by atoms with Crippen LogP contribution >= 0.6 is 11.3 Å². The zero-order valence-electron chi connectivity index (χ0n) is 17.6. The average molecular weight is 467 g/mol. The lowest BCUT2D eigenvalue weighted by molar-refractivity contribution is -0.120. The highest BCUT2D eigenvalue weighted by molar-refractivity contribution is 7.89. The van der Waals surface area contributed by atoms with Crippen molar-refractivity contribution in [1.82, 2.24) is 14.1 Å². The SMILES string of the molecule is CCOC(=O)c1c(NC(=O)C2CCCN(S(=O)(=O)c3cnn(C)c3)C2)sc2c1CCC2. The first-order valence-electron chi connectivity index (χ1n) is 10.4. The molecule has 1 unspecified atom stereocenters. The number of hydrogen-bond donors (Lipinski definition) is 1. The summed E-state index contributed by atoms with van der Waals surface area (Å²) in [6, 6.07) is 0. The fourth-order valence-electron chi connectivity index (χ4n) is 4.18. The van der Waals surface area contributed by atoms with Crippen molar-refractivity contribution in [2.45, 2.75) is 43.9 Å². The van der Waals surface area contributed by atoms with Crippen molar-refractivity contribution in [2.24, 2.45) is 13.0 Å². The minimum atomic E-state index is -3.71. The maximum absolute atomic E-state index is 13.0. The highest BCUT2D eigenvalue weighted by atomic mass is 32.2. The van der Waals surface area contributed by atoms with Crippen LogP contribution in [0.2, 0.25) is 0 Å². The number of carbonyl (C=O) groups is 2. The molecule has 9 nitrogen and oxygen atoms in total. The topological polar surface area (TPSA) is 111 Å². The smallest absolute Gasteiger partial charge is 0.341 e. The van der Waals surface area contributed by atoms with E-state index in [9.17, 15) is 18.0 Å². The maximum Gasteiger partial charge on any atom is 0.341 e. The molecule has 2 aromatic heterocycles. The van der Waals surface area contributed by atoms with Crippen molar-refractivity contribution in [3.8, 4) is 0 Å². The Morgan fingerprint density at radius 3 is 2.84 bits per heavy atom. The summed E-state index contributed by atoms with van der Waals surface area (Å²) in [6.45, 7) is 2.48. The van der Waals surface area contributed by atoms with Crippen LogP contribution in [0.1, 0.15) is 47.0 Å². The molecule has 1 saturated heterocycles. The number of rotatable bonds is 6. The van der Waals surface area contributed by atoms with Crippen molar-refractivity contribution in [2.75, 3.05) is 25.0 Å². The largest absolute Gasteiger partial charge is 0.462 e. The van der Waals surface area contributed by atoms with E-state index in [0.29, 0.717) is 30.0 Å². The molecule has 0 spiro atoms. The number of anilines is 1.